The van der Waals surface area contributed by atoms with Crippen LogP contribution in [-0.4, -0.2) is 42.8 Å². The second-order valence-corrected chi connectivity index (χ2v) is 15.6. The van der Waals surface area contributed by atoms with Crippen molar-refractivity contribution in [1.29, 1.82) is 0 Å². The van der Waals surface area contributed by atoms with Crippen LogP contribution < -0.4 is 67.5 Å². The summed E-state index contributed by atoms with van der Waals surface area (Å²) in [4.78, 5) is -1.99. The molecule has 0 heterocycles. The molecule has 0 saturated carbocycles. The number of hydrogen-bond donors (Lipinski definition) is 0. The fraction of sp³-hybridized carbons (Fsp3) is 0. The van der Waals surface area contributed by atoms with Gasteiger partial charge in [-0.05, 0) is 59.3 Å². The van der Waals surface area contributed by atoms with Crippen LogP contribution in [0, 0.1) is 0 Å². The minimum Gasteiger partial charge on any atom is -0.744 e. The molecule has 0 N–H and O–H groups in total. The van der Waals surface area contributed by atoms with Gasteiger partial charge in [-0.3, -0.25) is 0 Å². The van der Waals surface area contributed by atoms with Gasteiger partial charge in [0.05, 0.1) is 9.79 Å². The fourth-order valence-electron chi connectivity index (χ4n) is 5.02. The Bertz CT molecular complexity index is 2490. The van der Waals surface area contributed by atoms with Crippen molar-refractivity contribution >= 4 is 72.8 Å². The van der Waals surface area contributed by atoms with Gasteiger partial charge in [-0.25, -0.2) is 16.8 Å². The van der Waals surface area contributed by atoms with E-state index in [4.69, 9.17) is 8.37 Å². The predicted octanol–water partition coefficient (Wildman–Crippen LogP) is -1.50. The zero-order valence-corrected chi connectivity index (χ0v) is 32.2. The van der Waals surface area contributed by atoms with Crippen molar-refractivity contribution in [2.24, 2.45) is 0 Å². The zero-order valence-electron chi connectivity index (χ0n) is 24.9. The average molecular weight is 745 g/mol. The summed E-state index contributed by atoms with van der Waals surface area (Å²) in [6, 6.07) is 23.0. The molecule has 0 spiro atoms. The van der Waals surface area contributed by atoms with Crippen molar-refractivity contribution in [1.82, 2.24) is 0 Å². The Morgan fingerprint density at radius 2 is 0.729 bits per heavy atom. The molecule has 6 rings (SSSR count). The Morgan fingerprint density at radius 3 is 1.08 bits per heavy atom. The van der Waals surface area contributed by atoms with E-state index < -0.39 is 60.1 Å². The molecule has 48 heavy (non-hydrogen) atoms. The van der Waals surface area contributed by atoms with Crippen LogP contribution in [0.3, 0.4) is 0 Å². The Hall–Kier alpha value is -2.58. The molecule has 0 unspecified atom stereocenters. The molecule has 0 saturated heterocycles. The summed E-state index contributed by atoms with van der Waals surface area (Å²) in [6.45, 7) is 0. The predicted molar refractivity (Wildman–Crippen MR) is 163 cm³/mol. The van der Waals surface area contributed by atoms with Crippen molar-refractivity contribution in [3.63, 3.8) is 0 Å². The molecule has 0 aliphatic rings. The third kappa shape index (κ3) is 7.60. The van der Waals surface area contributed by atoms with E-state index in [-0.39, 0.29) is 92.2 Å². The molecule has 0 bridgehead atoms. The van der Waals surface area contributed by atoms with Crippen LogP contribution in [0.1, 0.15) is 0 Å². The van der Waals surface area contributed by atoms with Crippen LogP contribution >= 0.6 is 0 Å². The van der Waals surface area contributed by atoms with E-state index in [2.05, 4.69) is 0 Å². The molecule has 12 nitrogen and oxygen atoms in total. The Balaban J connectivity index is 0.00000260. The second-order valence-electron chi connectivity index (χ2n) is 9.87. The summed E-state index contributed by atoms with van der Waals surface area (Å²) in [7, 11) is -19.1. The van der Waals surface area contributed by atoms with E-state index in [1.54, 1.807) is 0 Å². The number of fused-ring (bicyclic) bond motifs is 3. The number of rotatable bonds is 8. The standard InChI is InChI=1S/C30H20O12S4.2Na/c31-43(32,33)27-9-1-5-19-13-15-21(17-25(19)27)41-45(37,38)29-11-3-8-24-23(29)7-4-12-30(24)46(39,40)42-22-16-14-20-6-2-10-28(26(20)18-22)44(34,35)36;;/h1-18H,(H,31,32,33)(H,34,35,36);;/q;2*+1/p-2. The van der Waals surface area contributed by atoms with E-state index >= 15 is 0 Å². The largest absolute Gasteiger partial charge is 1.00 e. The van der Waals surface area contributed by atoms with Gasteiger partial charge < -0.3 is 17.5 Å². The molecule has 0 radical (unpaired) electrons. The van der Waals surface area contributed by atoms with Crippen molar-refractivity contribution in [2.45, 2.75) is 19.6 Å². The van der Waals surface area contributed by atoms with Crippen LogP contribution in [0.2, 0.25) is 0 Å². The Morgan fingerprint density at radius 1 is 0.396 bits per heavy atom. The van der Waals surface area contributed by atoms with Gasteiger partial charge in [-0.15, -0.1) is 0 Å². The van der Waals surface area contributed by atoms with Gasteiger partial charge in [0.1, 0.15) is 41.5 Å². The van der Waals surface area contributed by atoms with E-state index in [1.807, 2.05) is 0 Å². The Labute approximate surface area is 320 Å². The minimum absolute atomic E-state index is 0. The molecule has 0 aliphatic carbocycles. The van der Waals surface area contributed by atoms with Gasteiger partial charge >= 0.3 is 79.4 Å². The molecule has 6 aromatic rings. The number of hydrogen-bond acceptors (Lipinski definition) is 12. The second kappa shape index (κ2) is 14.0. The first-order valence-corrected chi connectivity index (χ1v) is 18.6. The molecule has 0 aliphatic heterocycles. The molecule has 18 heteroatoms. The van der Waals surface area contributed by atoms with Crippen molar-refractivity contribution in [3.05, 3.63) is 109 Å². The maximum Gasteiger partial charge on any atom is 1.00 e. The third-order valence-electron chi connectivity index (χ3n) is 6.96. The average Bonchev–Trinajstić information content (AvgIpc) is 2.98. The summed E-state index contributed by atoms with van der Waals surface area (Å²) in [5.41, 5.74) is 0. The normalized spacial score (nSPS) is 12.3. The van der Waals surface area contributed by atoms with Gasteiger partial charge in [-0.1, -0.05) is 60.7 Å². The maximum absolute atomic E-state index is 13.5. The van der Waals surface area contributed by atoms with Gasteiger partial charge in [0.2, 0.25) is 0 Å². The smallest absolute Gasteiger partial charge is 0.744 e. The molecular weight excluding hydrogens is 727 g/mol. The van der Waals surface area contributed by atoms with Crippen molar-refractivity contribution in [3.8, 4) is 11.5 Å². The van der Waals surface area contributed by atoms with Crippen LogP contribution in [0.5, 0.6) is 11.5 Å². The first kappa shape index (κ1) is 38.2. The van der Waals surface area contributed by atoms with Crippen LogP contribution in [0.15, 0.2) is 129 Å². The maximum atomic E-state index is 13.5. The molecule has 0 fully saturated rings. The number of benzene rings is 6. The molecule has 0 amide bonds. The topological polar surface area (TPSA) is 201 Å². The quantitative estimate of drug-likeness (QED) is 0.0994. The molecular formula is C30H18Na2O12S4. The van der Waals surface area contributed by atoms with Crippen LogP contribution in [-0.2, 0) is 40.5 Å². The third-order valence-corrected chi connectivity index (χ3v) is 11.4. The molecule has 0 atom stereocenters. The monoisotopic (exact) mass is 744 g/mol. The molecule has 236 valence electrons. The van der Waals surface area contributed by atoms with Crippen molar-refractivity contribution < 1.29 is 110 Å². The van der Waals surface area contributed by atoms with Gasteiger partial charge in [0.25, 0.3) is 0 Å². The summed E-state index contributed by atoms with van der Waals surface area (Å²) in [5, 5.41) is 0.464. The van der Waals surface area contributed by atoms with E-state index in [1.165, 1.54) is 84.9 Å². The fourth-order valence-corrected chi connectivity index (χ4v) is 8.68. The Kier molecular flexibility index (Phi) is 11.1. The van der Waals surface area contributed by atoms with E-state index in [0.29, 0.717) is 10.8 Å². The summed E-state index contributed by atoms with van der Waals surface area (Å²) in [6.07, 6.45) is 0. The molecule has 6 aromatic carbocycles. The zero-order chi connectivity index (χ0) is 33.1. The van der Waals surface area contributed by atoms with Crippen molar-refractivity contribution in [2.75, 3.05) is 0 Å². The van der Waals surface area contributed by atoms with Crippen LogP contribution in [0.4, 0.5) is 0 Å². The minimum atomic E-state index is -4.90. The molecule has 0 aromatic heterocycles. The summed E-state index contributed by atoms with van der Waals surface area (Å²) in [5.74, 6) is -0.605. The van der Waals surface area contributed by atoms with E-state index in [9.17, 15) is 42.8 Å². The summed E-state index contributed by atoms with van der Waals surface area (Å²) < 4.78 is 135. The van der Waals surface area contributed by atoms with Gasteiger partial charge in [0.15, 0.2) is 0 Å². The van der Waals surface area contributed by atoms with Crippen LogP contribution in [0.25, 0.3) is 32.3 Å². The first-order valence-electron chi connectivity index (χ1n) is 12.9. The SMILES string of the molecule is O=S(=O)([O-])c1cccc2ccc(OS(=O)(=O)c3cccc4c(S(=O)(=O)Oc5ccc6cccc(S(=O)(=O)[O-])c6c5)cccc34)cc12.[Na+].[Na+]. The van der Waals surface area contributed by atoms with E-state index in [0.717, 1.165) is 24.3 Å². The summed E-state index contributed by atoms with van der Waals surface area (Å²) >= 11 is 0. The van der Waals surface area contributed by atoms with Gasteiger partial charge in [-0.2, -0.15) is 16.8 Å². The van der Waals surface area contributed by atoms with Gasteiger partial charge in [0, 0.05) is 21.5 Å². The first-order chi connectivity index (χ1) is 21.5.